The fourth-order valence-corrected chi connectivity index (χ4v) is 3.33. The molecule has 8 nitrogen and oxygen atoms in total. The number of hydrogen-bond acceptors (Lipinski definition) is 7. The number of rotatable bonds is 7. The first kappa shape index (κ1) is 21.3. The van der Waals surface area contributed by atoms with Gasteiger partial charge in [0.25, 0.3) is 5.95 Å². The molecule has 1 heterocycles. The standard InChI is InChI=1S/C17H14Cl3N7OS/c18-11-4-2-5-12(7-11)23-14(28)9-29-17-26-25-16(27(17)21)24-22-8-10-3-1-6-13(19)15(10)20/h1-8H,9,21H2,(H,23,28)(H,24,25)/b22-8+. The highest BCUT2D eigenvalue weighted by Crippen LogP contribution is 2.24. The van der Waals surface area contributed by atoms with Crippen LogP contribution in [0.15, 0.2) is 52.7 Å². The maximum Gasteiger partial charge on any atom is 0.264 e. The minimum absolute atomic E-state index is 0.0865. The molecule has 29 heavy (non-hydrogen) atoms. The van der Waals surface area contributed by atoms with Crippen LogP contribution in [0.3, 0.4) is 0 Å². The number of carbonyl (C=O) groups excluding carboxylic acids is 1. The molecule has 150 valence electrons. The van der Waals surface area contributed by atoms with Gasteiger partial charge in [0.1, 0.15) is 0 Å². The van der Waals surface area contributed by atoms with Gasteiger partial charge in [-0.3, -0.25) is 4.79 Å². The molecule has 3 rings (SSSR count). The number of hydrazone groups is 1. The zero-order chi connectivity index (χ0) is 20.8. The summed E-state index contributed by atoms with van der Waals surface area (Å²) in [5, 5.41) is 16.3. The van der Waals surface area contributed by atoms with Gasteiger partial charge < -0.3 is 11.2 Å². The van der Waals surface area contributed by atoms with Crippen LogP contribution in [-0.4, -0.2) is 32.7 Å². The Morgan fingerprint density at radius 1 is 1.21 bits per heavy atom. The number of nitrogens with one attached hydrogen (secondary N) is 2. The number of nitrogens with two attached hydrogens (primary N) is 1. The maximum absolute atomic E-state index is 12.1. The van der Waals surface area contributed by atoms with E-state index in [9.17, 15) is 4.79 Å². The zero-order valence-corrected chi connectivity index (χ0v) is 17.7. The van der Waals surface area contributed by atoms with E-state index in [4.69, 9.17) is 40.6 Å². The van der Waals surface area contributed by atoms with Crippen molar-refractivity contribution in [2.24, 2.45) is 5.10 Å². The number of anilines is 2. The van der Waals surface area contributed by atoms with Crippen molar-refractivity contribution in [3.8, 4) is 0 Å². The average molecular weight is 471 g/mol. The molecule has 0 spiro atoms. The minimum atomic E-state index is -0.233. The molecule has 2 aromatic carbocycles. The van der Waals surface area contributed by atoms with Gasteiger partial charge in [0.2, 0.25) is 11.1 Å². The van der Waals surface area contributed by atoms with Crippen LogP contribution in [0.25, 0.3) is 0 Å². The highest BCUT2D eigenvalue weighted by Gasteiger charge is 2.12. The lowest BCUT2D eigenvalue weighted by Crippen LogP contribution is -2.16. The number of hydrogen-bond donors (Lipinski definition) is 3. The van der Waals surface area contributed by atoms with Crippen molar-refractivity contribution in [1.82, 2.24) is 14.9 Å². The molecule has 0 unspecified atom stereocenters. The maximum atomic E-state index is 12.1. The molecule has 3 aromatic rings. The van der Waals surface area contributed by atoms with Crippen molar-refractivity contribution in [2.45, 2.75) is 5.16 Å². The fourth-order valence-electron chi connectivity index (χ4n) is 2.12. The Bertz CT molecular complexity index is 1060. The second-order valence-electron chi connectivity index (χ2n) is 5.54. The van der Waals surface area contributed by atoms with Gasteiger partial charge in [0.05, 0.1) is 22.0 Å². The number of carbonyl (C=O) groups is 1. The van der Waals surface area contributed by atoms with E-state index >= 15 is 0 Å². The van der Waals surface area contributed by atoms with Crippen LogP contribution < -0.4 is 16.6 Å². The van der Waals surface area contributed by atoms with E-state index in [0.29, 0.717) is 31.5 Å². The van der Waals surface area contributed by atoms with Gasteiger partial charge in [0.15, 0.2) is 0 Å². The number of amides is 1. The molecular weight excluding hydrogens is 457 g/mol. The van der Waals surface area contributed by atoms with Crippen molar-refractivity contribution in [2.75, 3.05) is 22.3 Å². The number of aromatic nitrogens is 3. The molecule has 0 atom stereocenters. The van der Waals surface area contributed by atoms with Crippen LogP contribution in [-0.2, 0) is 4.79 Å². The smallest absolute Gasteiger partial charge is 0.264 e. The summed E-state index contributed by atoms with van der Waals surface area (Å²) >= 11 is 19.1. The van der Waals surface area contributed by atoms with Crippen molar-refractivity contribution >= 4 is 70.3 Å². The third-order valence-electron chi connectivity index (χ3n) is 3.45. The number of nitrogens with zero attached hydrogens (tertiary/aromatic N) is 4. The number of benzene rings is 2. The quantitative estimate of drug-likeness (QED) is 0.207. The molecule has 0 aliphatic carbocycles. The van der Waals surface area contributed by atoms with Crippen LogP contribution >= 0.6 is 46.6 Å². The van der Waals surface area contributed by atoms with Gasteiger partial charge in [-0.15, -0.1) is 10.2 Å². The normalized spacial score (nSPS) is 11.0. The van der Waals surface area contributed by atoms with E-state index in [2.05, 4.69) is 26.0 Å². The summed E-state index contributed by atoms with van der Waals surface area (Å²) in [7, 11) is 0. The van der Waals surface area contributed by atoms with Crippen molar-refractivity contribution in [3.63, 3.8) is 0 Å². The first-order chi connectivity index (χ1) is 13.9. The van der Waals surface area contributed by atoms with Gasteiger partial charge in [-0.25, -0.2) is 10.1 Å². The Hall–Kier alpha value is -2.46. The third kappa shape index (κ3) is 5.77. The topological polar surface area (TPSA) is 110 Å². The molecular formula is C17H14Cl3N7OS. The molecule has 4 N–H and O–H groups in total. The summed E-state index contributed by atoms with van der Waals surface area (Å²) in [6, 6.07) is 12.1. The van der Waals surface area contributed by atoms with Crippen LogP contribution in [0.4, 0.5) is 11.6 Å². The van der Waals surface area contributed by atoms with Crippen LogP contribution in [0.1, 0.15) is 5.56 Å². The van der Waals surface area contributed by atoms with E-state index in [1.54, 1.807) is 42.5 Å². The predicted octanol–water partition coefficient (Wildman–Crippen LogP) is 4.13. The molecule has 0 saturated carbocycles. The fraction of sp³-hybridized carbons (Fsp3) is 0.0588. The summed E-state index contributed by atoms with van der Waals surface area (Å²) in [5.74, 6) is 5.98. The van der Waals surface area contributed by atoms with E-state index in [1.165, 1.54) is 10.9 Å². The Morgan fingerprint density at radius 2 is 2.00 bits per heavy atom. The van der Waals surface area contributed by atoms with Crippen LogP contribution in [0, 0.1) is 0 Å². The van der Waals surface area contributed by atoms with Crippen LogP contribution in [0.2, 0.25) is 15.1 Å². The summed E-state index contributed by atoms with van der Waals surface area (Å²) < 4.78 is 1.19. The summed E-state index contributed by atoms with van der Waals surface area (Å²) in [4.78, 5) is 12.1. The molecule has 1 amide bonds. The molecule has 0 fully saturated rings. The Kier molecular flexibility index (Phi) is 7.21. The monoisotopic (exact) mass is 469 g/mol. The third-order valence-corrected chi connectivity index (χ3v) is 5.47. The minimum Gasteiger partial charge on any atom is -0.334 e. The molecule has 12 heteroatoms. The van der Waals surface area contributed by atoms with Crippen molar-refractivity contribution in [3.05, 3.63) is 63.1 Å². The molecule has 0 aliphatic rings. The number of thioether (sulfide) groups is 1. The second kappa shape index (κ2) is 9.84. The second-order valence-corrected chi connectivity index (χ2v) is 7.70. The largest absolute Gasteiger partial charge is 0.334 e. The van der Waals surface area contributed by atoms with E-state index in [-0.39, 0.29) is 17.6 Å². The average Bonchev–Trinajstić information content (AvgIpc) is 3.03. The van der Waals surface area contributed by atoms with E-state index in [0.717, 1.165) is 11.8 Å². The number of nitrogen functional groups attached to an aromatic ring is 1. The lowest BCUT2D eigenvalue weighted by molar-refractivity contribution is -0.113. The lowest BCUT2D eigenvalue weighted by atomic mass is 10.2. The Balaban J connectivity index is 1.55. The molecule has 0 radical (unpaired) electrons. The Morgan fingerprint density at radius 3 is 2.79 bits per heavy atom. The Labute approximate surface area is 185 Å². The SMILES string of the molecule is Nn1c(N/N=C/c2cccc(Cl)c2Cl)nnc1SCC(=O)Nc1cccc(Cl)c1. The van der Waals surface area contributed by atoms with Crippen LogP contribution in [0.5, 0.6) is 0 Å². The molecule has 0 bridgehead atoms. The summed E-state index contributed by atoms with van der Waals surface area (Å²) in [6.07, 6.45) is 1.48. The first-order valence-electron chi connectivity index (χ1n) is 8.06. The molecule has 0 saturated heterocycles. The van der Waals surface area contributed by atoms with Gasteiger partial charge >= 0.3 is 0 Å². The number of halogens is 3. The highest BCUT2D eigenvalue weighted by atomic mass is 35.5. The lowest BCUT2D eigenvalue weighted by Gasteiger charge is -2.05. The zero-order valence-electron chi connectivity index (χ0n) is 14.6. The van der Waals surface area contributed by atoms with E-state index < -0.39 is 0 Å². The predicted molar refractivity (Wildman–Crippen MR) is 119 cm³/mol. The van der Waals surface area contributed by atoms with Gasteiger partial charge in [-0.1, -0.05) is 64.8 Å². The van der Waals surface area contributed by atoms with Gasteiger partial charge in [-0.2, -0.15) is 5.10 Å². The molecule has 0 aliphatic heterocycles. The van der Waals surface area contributed by atoms with Crippen molar-refractivity contribution in [1.29, 1.82) is 0 Å². The van der Waals surface area contributed by atoms with Gasteiger partial charge in [-0.05, 0) is 24.3 Å². The summed E-state index contributed by atoms with van der Waals surface area (Å²) in [6.45, 7) is 0. The molecule has 1 aromatic heterocycles. The van der Waals surface area contributed by atoms with Gasteiger partial charge in [0, 0.05) is 16.3 Å². The van der Waals surface area contributed by atoms with E-state index in [1.807, 2.05) is 0 Å². The highest BCUT2D eigenvalue weighted by molar-refractivity contribution is 7.99. The summed E-state index contributed by atoms with van der Waals surface area (Å²) in [5.41, 5.74) is 3.90. The van der Waals surface area contributed by atoms with Crippen molar-refractivity contribution < 1.29 is 4.79 Å². The first-order valence-corrected chi connectivity index (χ1v) is 10.2.